The van der Waals surface area contributed by atoms with Crippen molar-refractivity contribution >= 4 is 11.6 Å². The van der Waals surface area contributed by atoms with Gasteiger partial charge in [0.1, 0.15) is 5.75 Å². The SMILES string of the molecule is O=C(Nc1ccc(OC(F)(F)F)cc1)c1cn(-c2ccccc2)nn1. The Morgan fingerprint density at radius 1 is 1.04 bits per heavy atom. The molecule has 0 aliphatic rings. The zero-order chi connectivity index (χ0) is 17.9. The molecule has 1 aromatic heterocycles. The summed E-state index contributed by atoms with van der Waals surface area (Å²) in [6.07, 6.45) is -3.31. The van der Waals surface area contributed by atoms with Gasteiger partial charge in [-0.15, -0.1) is 18.3 Å². The topological polar surface area (TPSA) is 69.0 Å². The highest BCUT2D eigenvalue weighted by Crippen LogP contribution is 2.24. The van der Waals surface area contributed by atoms with Gasteiger partial charge in [0.2, 0.25) is 0 Å². The van der Waals surface area contributed by atoms with Gasteiger partial charge in [-0.05, 0) is 36.4 Å². The fourth-order valence-corrected chi connectivity index (χ4v) is 2.01. The van der Waals surface area contributed by atoms with Gasteiger partial charge in [-0.3, -0.25) is 4.79 Å². The highest BCUT2D eigenvalue weighted by atomic mass is 19.4. The van der Waals surface area contributed by atoms with Gasteiger partial charge in [-0.25, -0.2) is 4.68 Å². The van der Waals surface area contributed by atoms with Gasteiger partial charge in [0.15, 0.2) is 5.69 Å². The molecule has 0 fully saturated rings. The van der Waals surface area contributed by atoms with Crippen molar-refractivity contribution in [2.75, 3.05) is 5.32 Å². The third kappa shape index (κ3) is 4.34. The van der Waals surface area contributed by atoms with E-state index < -0.39 is 12.3 Å². The lowest BCUT2D eigenvalue weighted by Crippen LogP contribution is -2.17. The van der Waals surface area contributed by atoms with Gasteiger partial charge in [0.05, 0.1) is 11.9 Å². The second-order valence-electron chi connectivity index (χ2n) is 4.91. The summed E-state index contributed by atoms with van der Waals surface area (Å²) >= 11 is 0. The molecule has 3 rings (SSSR count). The lowest BCUT2D eigenvalue weighted by Gasteiger charge is -2.09. The minimum Gasteiger partial charge on any atom is -0.406 e. The molecule has 1 N–H and O–H groups in total. The van der Waals surface area contributed by atoms with E-state index in [0.29, 0.717) is 5.69 Å². The monoisotopic (exact) mass is 348 g/mol. The van der Waals surface area contributed by atoms with Crippen molar-refractivity contribution in [2.24, 2.45) is 0 Å². The summed E-state index contributed by atoms with van der Waals surface area (Å²) in [5, 5.41) is 10.2. The average molecular weight is 348 g/mol. The highest BCUT2D eigenvalue weighted by Gasteiger charge is 2.30. The van der Waals surface area contributed by atoms with Crippen molar-refractivity contribution in [2.45, 2.75) is 6.36 Å². The maximum Gasteiger partial charge on any atom is 0.573 e. The molecule has 25 heavy (non-hydrogen) atoms. The third-order valence-corrected chi connectivity index (χ3v) is 3.09. The summed E-state index contributed by atoms with van der Waals surface area (Å²) in [4.78, 5) is 12.1. The van der Waals surface area contributed by atoms with Crippen molar-refractivity contribution in [1.29, 1.82) is 0 Å². The summed E-state index contributed by atoms with van der Waals surface area (Å²) in [6, 6.07) is 13.9. The van der Waals surface area contributed by atoms with E-state index in [9.17, 15) is 18.0 Å². The number of anilines is 1. The maximum atomic E-state index is 12.1. The molecule has 2 aromatic carbocycles. The Morgan fingerprint density at radius 2 is 1.72 bits per heavy atom. The van der Waals surface area contributed by atoms with E-state index in [1.165, 1.54) is 23.0 Å². The van der Waals surface area contributed by atoms with Crippen LogP contribution in [0, 0.1) is 0 Å². The van der Waals surface area contributed by atoms with Crippen LogP contribution in [0.4, 0.5) is 18.9 Å². The van der Waals surface area contributed by atoms with E-state index >= 15 is 0 Å². The molecular formula is C16H11F3N4O2. The van der Waals surface area contributed by atoms with Crippen LogP contribution in [-0.4, -0.2) is 27.3 Å². The van der Waals surface area contributed by atoms with E-state index in [4.69, 9.17) is 0 Å². The summed E-state index contributed by atoms with van der Waals surface area (Å²) in [6.45, 7) is 0. The quantitative estimate of drug-likeness (QED) is 0.784. The van der Waals surface area contributed by atoms with Crippen molar-refractivity contribution in [3.8, 4) is 11.4 Å². The fraction of sp³-hybridized carbons (Fsp3) is 0.0625. The smallest absolute Gasteiger partial charge is 0.406 e. The molecule has 9 heteroatoms. The first-order chi connectivity index (χ1) is 11.9. The lowest BCUT2D eigenvalue weighted by atomic mass is 10.3. The average Bonchev–Trinajstić information content (AvgIpc) is 3.06. The van der Waals surface area contributed by atoms with Crippen molar-refractivity contribution in [3.63, 3.8) is 0 Å². The van der Waals surface area contributed by atoms with Crippen LogP contribution in [0.3, 0.4) is 0 Å². The first kappa shape index (κ1) is 16.5. The number of carbonyl (C=O) groups excluding carboxylic acids is 1. The van der Waals surface area contributed by atoms with Crippen LogP contribution in [0.15, 0.2) is 60.8 Å². The van der Waals surface area contributed by atoms with Crippen LogP contribution >= 0.6 is 0 Å². The van der Waals surface area contributed by atoms with E-state index in [1.807, 2.05) is 18.2 Å². The van der Waals surface area contributed by atoms with Gasteiger partial charge in [0.25, 0.3) is 5.91 Å². The van der Waals surface area contributed by atoms with Crippen LogP contribution in [0.1, 0.15) is 10.5 Å². The lowest BCUT2D eigenvalue weighted by molar-refractivity contribution is -0.274. The number of nitrogens with one attached hydrogen (secondary N) is 1. The number of rotatable bonds is 4. The van der Waals surface area contributed by atoms with Gasteiger partial charge in [-0.2, -0.15) is 0 Å². The van der Waals surface area contributed by atoms with Crippen molar-refractivity contribution in [1.82, 2.24) is 15.0 Å². The minimum absolute atomic E-state index is 0.0690. The summed E-state index contributed by atoms with van der Waals surface area (Å²) in [5.41, 5.74) is 1.11. The molecule has 0 saturated heterocycles. The summed E-state index contributed by atoms with van der Waals surface area (Å²) in [7, 11) is 0. The number of ether oxygens (including phenoxy) is 1. The molecule has 3 aromatic rings. The van der Waals surface area contributed by atoms with E-state index in [0.717, 1.165) is 17.8 Å². The Morgan fingerprint density at radius 3 is 2.36 bits per heavy atom. The number of alkyl halides is 3. The number of carbonyl (C=O) groups is 1. The number of aromatic nitrogens is 3. The predicted molar refractivity (Wildman–Crippen MR) is 82.4 cm³/mol. The molecule has 1 amide bonds. The van der Waals surface area contributed by atoms with Gasteiger partial charge >= 0.3 is 6.36 Å². The number of halogens is 3. The Labute approximate surface area is 139 Å². The van der Waals surface area contributed by atoms with E-state index in [1.54, 1.807) is 12.1 Å². The van der Waals surface area contributed by atoms with Crippen molar-refractivity contribution < 1.29 is 22.7 Å². The molecule has 1 heterocycles. The second kappa shape index (κ2) is 6.63. The molecule has 6 nitrogen and oxygen atoms in total. The Bertz CT molecular complexity index is 861. The molecule has 0 aliphatic heterocycles. The first-order valence-electron chi connectivity index (χ1n) is 7.06. The Hall–Kier alpha value is -3.36. The molecule has 0 saturated carbocycles. The molecule has 0 radical (unpaired) electrons. The fourth-order valence-electron chi connectivity index (χ4n) is 2.01. The number of para-hydroxylation sites is 1. The molecular weight excluding hydrogens is 337 g/mol. The number of hydrogen-bond donors (Lipinski definition) is 1. The maximum absolute atomic E-state index is 12.1. The Balaban J connectivity index is 1.67. The second-order valence-corrected chi connectivity index (χ2v) is 4.91. The van der Waals surface area contributed by atoms with Crippen LogP contribution in [-0.2, 0) is 0 Å². The minimum atomic E-state index is -4.76. The van der Waals surface area contributed by atoms with Gasteiger partial charge in [0, 0.05) is 5.69 Å². The van der Waals surface area contributed by atoms with Gasteiger partial charge < -0.3 is 10.1 Å². The van der Waals surface area contributed by atoms with Gasteiger partial charge in [-0.1, -0.05) is 23.4 Å². The first-order valence-corrected chi connectivity index (χ1v) is 7.06. The molecule has 0 atom stereocenters. The summed E-state index contributed by atoms with van der Waals surface area (Å²) < 4.78 is 41.5. The van der Waals surface area contributed by atoms with E-state index in [2.05, 4.69) is 20.4 Å². The van der Waals surface area contributed by atoms with Crippen LogP contribution in [0.2, 0.25) is 0 Å². The Kier molecular flexibility index (Phi) is 4.38. The van der Waals surface area contributed by atoms with Crippen LogP contribution < -0.4 is 10.1 Å². The molecule has 0 unspecified atom stereocenters. The summed E-state index contributed by atoms with van der Waals surface area (Å²) in [5.74, 6) is -0.910. The number of nitrogens with zero attached hydrogens (tertiary/aromatic N) is 3. The molecule has 0 aliphatic carbocycles. The number of hydrogen-bond acceptors (Lipinski definition) is 4. The largest absolute Gasteiger partial charge is 0.573 e. The third-order valence-electron chi connectivity index (χ3n) is 3.09. The molecule has 0 bridgehead atoms. The zero-order valence-electron chi connectivity index (χ0n) is 12.6. The molecule has 128 valence electrons. The highest BCUT2D eigenvalue weighted by molar-refractivity contribution is 6.02. The van der Waals surface area contributed by atoms with Crippen molar-refractivity contribution in [3.05, 3.63) is 66.5 Å². The standard InChI is InChI=1S/C16H11F3N4O2/c17-16(18,19)25-13-8-6-11(7-9-13)20-15(24)14-10-23(22-21-14)12-4-2-1-3-5-12/h1-10H,(H,20,24). The number of amides is 1. The zero-order valence-corrected chi connectivity index (χ0v) is 12.6. The predicted octanol–water partition coefficient (Wildman–Crippen LogP) is 3.42. The number of benzene rings is 2. The molecule has 0 spiro atoms. The normalized spacial score (nSPS) is 11.2. The van der Waals surface area contributed by atoms with Crippen LogP contribution in [0.25, 0.3) is 5.69 Å². The van der Waals surface area contributed by atoms with E-state index in [-0.39, 0.29) is 11.4 Å². The van der Waals surface area contributed by atoms with Crippen LogP contribution in [0.5, 0.6) is 5.75 Å².